The summed E-state index contributed by atoms with van der Waals surface area (Å²) in [5.74, 6) is -0.488. The van der Waals surface area contributed by atoms with Crippen molar-refractivity contribution < 1.29 is 14.7 Å². The lowest BCUT2D eigenvalue weighted by molar-refractivity contribution is -0.139. The van der Waals surface area contributed by atoms with Gasteiger partial charge in [0.1, 0.15) is 6.04 Å². The van der Waals surface area contributed by atoms with E-state index in [0.29, 0.717) is 25.4 Å². The molecule has 110 valence electrons. The Morgan fingerprint density at radius 3 is 2.26 bits per heavy atom. The molecular formula is C14H26N2O3. The summed E-state index contributed by atoms with van der Waals surface area (Å²) >= 11 is 0. The summed E-state index contributed by atoms with van der Waals surface area (Å²) in [7, 11) is 0. The van der Waals surface area contributed by atoms with Crippen LogP contribution in [0.15, 0.2) is 0 Å². The first-order valence-electron chi connectivity index (χ1n) is 7.36. The van der Waals surface area contributed by atoms with Crippen LogP contribution in [0, 0.1) is 5.92 Å². The zero-order chi connectivity index (χ0) is 14.3. The number of amides is 2. The topological polar surface area (TPSA) is 69.6 Å². The van der Waals surface area contributed by atoms with Crippen LogP contribution in [0.3, 0.4) is 0 Å². The number of carbonyl (C=O) groups excluding carboxylic acids is 1. The first kappa shape index (κ1) is 15.8. The van der Waals surface area contributed by atoms with Gasteiger partial charge in [-0.25, -0.2) is 9.59 Å². The van der Waals surface area contributed by atoms with Gasteiger partial charge in [0.15, 0.2) is 0 Å². The minimum atomic E-state index is -0.925. The van der Waals surface area contributed by atoms with Crippen molar-refractivity contribution >= 4 is 12.0 Å². The summed E-state index contributed by atoms with van der Waals surface area (Å²) in [5, 5.41) is 11.9. The van der Waals surface area contributed by atoms with Gasteiger partial charge < -0.3 is 15.3 Å². The number of hydrogen-bond donors (Lipinski definition) is 2. The molecule has 0 aromatic carbocycles. The van der Waals surface area contributed by atoms with Gasteiger partial charge in [0, 0.05) is 13.1 Å². The van der Waals surface area contributed by atoms with Gasteiger partial charge in [0.05, 0.1) is 0 Å². The summed E-state index contributed by atoms with van der Waals surface area (Å²) in [5.41, 5.74) is 0. The Morgan fingerprint density at radius 1 is 1.21 bits per heavy atom. The van der Waals surface area contributed by atoms with Crippen LogP contribution in [-0.2, 0) is 4.79 Å². The van der Waals surface area contributed by atoms with Crippen LogP contribution in [0.2, 0.25) is 0 Å². The predicted octanol–water partition coefficient (Wildman–Crippen LogP) is 2.46. The fraction of sp³-hybridized carbons (Fsp3) is 0.857. The smallest absolute Gasteiger partial charge is 0.326 e. The molecular weight excluding hydrogens is 244 g/mol. The minimum absolute atomic E-state index is 0.270. The molecule has 0 aromatic heterocycles. The van der Waals surface area contributed by atoms with Crippen molar-refractivity contribution in [1.82, 2.24) is 10.2 Å². The number of aliphatic carboxylic acids is 1. The molecule has 2 amide bonds. The minimum Gasteiger partial charge on any atom is -0.480 e. The van der Waals surface area contributed by atoms with Gasteiger partial charge >= 0.3 is 12.0 Å². The molecule has 1 aliphatic rings. The Kier molecular flexibility index (Phi) is 6.67. The molecule has 0 heterocycles. The van der Waals surface area contributed by atoms with Crippen molar-refractivity contribution in [2.75, 3.05) is 13.1 Å². The Morgan fingerprint density at radius 2 is 1.79 bits per heavy atom. The maximum Gasteiger partial charge on any atom is 0.326 e. The van der Waals surface area contributed by atoms with Crippen molar-refractivity contribution in [1.29, 1.82) is 0 Å². The zero-order valence-electron chi connectivity index (χ0n) is 12.0. The highest BCUT2D eigenvalue weighted by Crippen LogP contribution is 2.27. The van der Waals surface area contributed by atoms with E-state index in [1.165, 1.54) is 19.3 Å². The molecule has 5 heteroatoms. The third-order valence-electron chi connectivity index (χ3n) is 3.94. The molecule has 1 atom stereocenters. The van der Waals surface area contributed by atoms with Crippen molar-refractivity contribution in [3.8, 4) is 0 Å². The number of carbonyl (C=O) groups is 2. The van der Waals surface area contributed by atoms with Crippen molar-refractivity contribution in [3.63, 3.8) is 0 Å². The van der Waals surface area contributed by atoms with Gasteiger partial charge in [-0.15, -0.1) is 0 Å². The largest absolute Gasteiger partial charge is 0.480 e. The first-order chi connectivity index (χ1) is 9.08. The molecule has 1 saturated carbocycles. The van der Waals surface area contributed by atoms with E-state index < -0.39 is 12.0 Å². The molecule has 1 rings (SSSR count). The molecule has 0 radical (unpaired) electrons. The lowest BCUT2D eigenvalue weighted by atomic mass is 9.85. The summed E-state index contributed by atoms with van der Waals surface area (Å²) in [6.07, 6.45) is 6.35. The molecule has 5 nitrogen and oxygen atoms in total. The number of urea groups is 1. The van der Waals surface area contributed by atoms with Crippen LogP contribution in [0.5, 0.6) is 0 Å². The van der Waals surface area contributed by atoms with Crippen molar-refractivity contribution in [2.45, 2.75) is 58.4 Å². The SMILES string of the molecule is CCN(CC)C(=O)N[C@H](CC1CCCCC1)C(=O)O. The quantitative estimate of drug-likeness (QED) is 0.779. The molecule has 2 N–H and O–H groups in total. The van der Waals surface area contributed by atoms with E-state index in [1.807, 2.05) is 13.8 Å². The highest BCUT2D eigenvalue weighted by Gasteiger charge is 2.26. The lowest BCUT2D eigenvalue weighted by Gasteiger charge is -2.27. The van der Waals surface area contributed by atoms with E-state index in [-0.39, 0.29) is 6.03 Å². The highest BCUT2D eigenvalue weighted by molar-refractivity contribution is 5.82. The highest BCUT2D eigenvalue weighted by atomic mass is 16.4. The fourth-order valence-corrected chi connectivity index (χ4v) is 2.73. The second-order valence-electron chi connectivity index (χ2n) is 5.25. The van der Waals surface area contributed by atoms with Crippen LogP contribution in [-0.4, -0.2) is 41.1 Å². The van der Waals surface area contributed by atoms with Crippen molar-refractivity contribution in [2.24, 2.45) is 5.92 Å². The monoisotopic (exact) mass is 270 g/mol. The van der Waals surface area contributed by atoms with E-state index in [1.54, 1.807) is 4.90 Å². The number of nitrogens with one attached hydrogen (secondary N) is 1. The average molecular weight is 270 g/mol. The maximum absolute atomic E-state index is 11.9. The maximum atomic E-state index is 11.9. The summed E-state index contributed by atoms with van der Waals surface area (Å²) in [6, 6.07) is -1.02. The molecule has 1 aliphatic carbocycles. The van der Waals surface area contributed by atoms with Crippen LogP contribution in [0.25, 0.3) is 0 Å². The first-order valence-corrected chi connectivity index (χ1v) is 7.36. The van der Waals surface area contributed by atoms with Gasteiger partial charge in [0.2, 0.25) is 0 Å². The zero-order valence-corrected chi connectivity index (χ0v) is 12.0. The number of nitrogens with zero attached hydrogens (tertiary/aromatic N) is 1. The third-order valence-corrected chi connectivity index (χ3v) is 3.94. The normalized spacial score (nSPS) is 17.8. The molecule has 0 spiro atoms. The second kappa shape index (κ2) is 8.02. The molecule has 0 aromatic rings. The Labute approximate surface area is 115 Å². The summed E-state index contributed by atoms with van der Waals surface area (Å²) in [4.78, 5) is 24.8. The molecule has 0 saturated heterocycles. The van der Waals surface area contributed by atoms with Crippen LogP contribution < -0.4 is 5.32 Å². The molecule has 0 aliphatic heterocycles. The Hall–Kier alpha value is -1.26. The molecule has 0 unspecified atom stereocenters. The van der Waals surface area contributed by atoms with Gasteiger partial charge in [-0.3, -0.25) is 0 Å². The van der Waals surface area contributed by atoms with Crippen LogP contribution in [0.1, 0.15) is 52.4 Å². The number of hydrogen-bond acceptors (Lipinski definition) is 2. The summed E-state index contributed by atoms with van der Waals surface area (Å²) < 4.78 is 0. The standard InChI is InChI=1S/C14H26N2O3/c1-3-16(4-2)14(19)15-12(13(17)18)10-11-8-6-5-7-9-11/h11-12H,3-10H2,1-2H3,(H,15,19)(H,17,18)/t12-/m1/s1. The van der Waals surface area contributed by atoms with Gasteiger partial charge in [0.25, 0.3) is 0 Å². The second-order valence-corrected chi connectivity index (χ2v) is 5.25. The van der Waals surface area contributed by atoms with Crippen LogP contribution >= 0.6 is 0 Å². The predicted molar refractivity (Wildman–Crippen MR) is 74.1 cm³/mol. The van der Waals surface area contributed by atoms with Gasteiger partial charge in [-0.05, 0) is 26.2 Å². The average Bonchev–Trinajstić information content (AvgIpc) is 2.40. The number of rotatable bonds is 6. The fourth-order valence-electron chi connectivity index (χ4n) is 2.73. The lowest BCUT2D eigenvalue weighted by Crippen LogP contribution is -2.48. The molecule has 1 fully saturated rings. The Balaban J connectivity index is 2.52. The van der Waals surface area contributed by atoms with E-state index in [9.17, 15) is 14.7 Å². The third kappa shape index (κ3) is 5.09. The van der Waals surface area contributed by atoms with E-state index in [2.05, 4.69) is 5.32 Å². The Bertz CT molecular complexity index is 297. The number of carboxylic acid groups (broad SMARTS) is 1. The molecule has 19 heavy (non-hydrogen) atoms. The van der Waals surface area contributed by atoms with Gasteiger partial charge in [-0.1, -0.05) is 32.1 Å². The van der Waals surface area contributed by atoms with E-state index in [0.717, 1.165) is 12.8 Å². The van der Waals surface area contributed by atoms with Crippen LogP contribution in [0.4, 0.5) is 4.79 Å². The number of carboxylic acids is 1. The summed E-state index contributed by atoms with van der Waals surface area (Å²) in [6.45, 7) is 4.97. The van der Waals surface area contributed by atoms with E-state index in [4.69, 9.17) is 0 Å². The van der Waals surface area contributed by atoms with E-state index >= 15 is 0 Å². The molecule has 0 bridgehead atoms. The van der Waals surface area contributed by atoms with Gasteiger partial charge in [-0.2, -0.15) is 0 Å². The van der Waals surface area contributed by atoms with Crippen molar-refractivity contribution in [3.05, 3.63) is 0 Å².